The van der Waals surface area contributed by atoms with Crippen molar-refractivity contribution >= 4 is 17.7 Å². The van der Waals surface area contributed by atoms with E-state index in [0.717, 1.165) is 5.56 Å². The SMILES string of the molecule is CC(C)C[C@H](NC(=O)[C@H](C)NC(=O)Cc1ccccc1)C(=O)N(C)C. The fourth-order valence-corrected chi connectivity index (χ4v) is 2.44. The molecular weight excluding hydrogens is 318 g/mol. The molecule has 138 valence electrons. The standard InChI is InChI=1S/C19H29N3O3/c1-13(2)11-16(19(25)22(4)5)21-18(24)14(3)20-17(23)12-15-9-7-6-8-10-15/h6-10,13-14,16H,11-12H2,1-5H3,(H,20,23)(H,21,24)/t14-,16-/m0/s1. The number of nitrogens with one attached hydrogen (secondary N) is 2. The normalized spacial score (nSPS) is 13.0. The van der Waals surface area contributed by atoms with Gasteiger partial charge in [0, 0.05) is 14.1 Å². The molecule has 0 aliphatic rings. The van der Waals surface area contributed by atoms with Crippen molar-refractivity contribution in [2.24, 2.45) is 5.92 Å². The number of nitrogens with zero attached hydrogens (tertiary/aromatic N) is 1. The van der Waals surface area contributed by atoms with Crippen LogP contribution in [0.25, 0.3) is 0 Å². The van der Waals surface area contributed by atoms with Crippen LogP contribution in [0, 0.1) is 5.92 Å². The van der Waals surface area contributed by atoms with E-state index in [1.807, 2.05) is 44.2 Å². The number of benzene rings is 1. The largest absolute Gasteiger partial charge is 0.347 e. The summed E-state index contributed by atoms with van der Waals surface area (Å²) in [7, 11) is 3.32. The van der Waals surface area contributed by atoms with E-state index in [4.69, 9.17) is 0 Å². The first-order valence-corrected chi connectivity index (χ1v) is 8.55. The number of hydrogen-bond donors (Lipinski definition) is 2. The van der Waals surface area contributed by atoms with Crippen molar-refractivity contribution in [3.63, 3.8) is 0 Å². The van der Waals surface area contributed by atoms with Crippen molar-refractivity contribution in [1.82, 2.24) is 15.5 Å². The summed E-state index contributed by atoms with van der Waals surface area (Å²) in [6, 6.07) is 8.03. The second-order valence-electron chi connectivity index (χ2n) is 6.87. The fraction of sp³-hybridized carbons (Fsp3) is 0.526. The summed E-state index contributed by atoms with van der Waals surface area (Å²) in [5.41, 5.74) is 0.882. The summed E-state index contributed by atoms with van der Waals surface area (Å²) in [4.78, 5) is 38.1. The summed E-state index contributed by atoms with van der Waals surface area (Å²) < 4.78 is 0. The smallest absolute Gasteiger partial charge is 0.244 e. The van der Waals surface area contributed by atoms with Crippen molar-refractivity contribution in [2.75, 3.05) is 14.1 Å². The van der Waals surface area contributed by atoms with Gasteiger partial charge >= 0.3 is 0 Å². The zero-order valence-electron chi connectivity index (χ0n) is 15.7. The number of carbonyl (C=O) groups excluding carboxylic acids is 3. The molecule has 0 aromatic heterocycles. The van der Waals surface area contributed by atoms with E-state index in [-0.39, 0.29) is 30.1 Å². The molecule has 1 aromatic carbocycles. The average molecular weight is 347 g/mol. The molecule has 0 aliphatic heterocycles. The van der Waals surface area contributed by atoms with E-state index in [9.17, 15) is 14.4 Å². The van der Waals surface area contributed by atoms with E-state index in [0.29, 0.717) is 6.42 Å². The Bertz CT molecular complexity index is 585. The Morgan fingerprint density at radius 3 is 2.12 bits per heavy atom. The number of carbonyl (C=O) groups is 3. The minimum absolute atomic E-state index is 0.148. The highest BCUT2D eigenvalue weighted by atomic mass is 16.2. The van der Waals surface area contributed by atoms with Crippen molar-refractivity contribution in [2.45, 2.75) is 45.7 Å². The lowest BCUT2D eigenvalue weighted by Gasteiger charge is -2.25. The average Bonchev–Trinajstić information content (AvgIpc) is 2.53. The van der Waals surface area contributed by atoms with Crippen LogP contribution in [-0.4, -0.2) is 48.8 Å². The first-order valence-electron chi connectivity index (χ1n) is 8.55. The maximum Gasteiger partial charge on any atom is 0.244 e. The summed E-state index contributed by atoms with van der Waals surface area (Å²) in [5.74, 6) is -0.475. The lowest BCUT2D eigenvalue weighted by atomic mass is 10.0. The lowest BCUT2D eigenvalue weighted by molar-refractivity contribution is -0.135. The van der Waals surface area contributed by atoms with Gasteiger partial charge in [-0.3, -0.25) is 14.4 Å². The fourth-order valence-electron chi connectivity index (χ4n) is 2.44. The Hall–Kier alpha value is -2.37. The van der Waals surface area contributed by atoms with Gasteiger partial charge in [0.25, 0.3) is 0 Å². The Labute approximate surface area is 150 Å². The molecule has 2 N–H and O–H groups in total. The minimum atomic E-state index is -0.708. The zero-order chi connectivity index (χ0) is 19.0. The molecule has 1 aromatic rings. The van der Waals surface area contributed by atoms with Crippen LogP contribution in [0.5, 0.6) is 0 Å². The van der Waals surface area contributed by atoms with Crippen LogP contribution in [0.3, 0.4) is 0 Å². The van der Waals surface area contributed by atoms with E-state index < -0.39 is 12.1 Å². The van der Waals surface area contributed by atoms with Gasteiger partial charge in [0.05, 0.1) is 6.42 Å². The van der Waals surface area contributed by atoms with E-state index in [1.165, 1.54) is 4.90 Å². The maximum atomic E-state index is 12.4. The molecule has 0 unspecified atom stereocenters. The van der Waals surface area contributed by atoms with Gasteiger partial charge in [0.15, 0.2) is 0 Å². The molecule has 2 atom stereocenters. The van der Waals surface area contributed by atoms with Crippen LogP contribution < -0.4 is 10.6 Å². The molecule has 0 fully saturated rings. The summed E-state index contributed by atoms with van der Waals surface area (Å²) >= 11 is 0. The van der Waals surface area contributed by atoms with Crippen LogP contribution in [0.2, 0.25) is 0 Å². The minimum Gasteiger partial charge on any atom is -0.347 e. The Balaban J connectivity index is 2.60. The van der Waals surface area contributed by atoms with Crippen molar-refractivity contribution < 1.29 is 14.4 Å². The highest BCUT2D eigenvalue weighted by molar-refractivity contribution is 5.92. The Morgan fingerprint density at radius 2 is 1.60 bits per heavy atom. The lowest BCUT2D eigenvalue weighted by Crippen LogP contribution is -2.53. The Kier molecular flexibility index (Phi) is 8.11. The third-order valence-corrected chi connectivity index (χ3v) is 3.74. The van der Waals surface area contributed by atoms with Gasteiger partial charge in [0.2, 0.25) is 17.7 Å². The van der Waals surface area contributed by atoms with E-state index >= 15 is 0 Å². The third kappa shape index (κ3) is 7.37. The van der Waals surface area contributed by atoms with E-state index in [1.54, 1.807) is 21.0 Å². The van der Waals surface area contributed by atoms with Gasteiger partial charge < -0.3 is 15.5 Å². The molecule has 0 spiro atoms. The molecule has 0 saturated heterocycles. The van der Waals surface area contributed by atoms with Gasteiger partial charge in [-0.25, -0.2) is 0 Å². The zero-order valence-corrected chi connectivity index (χ0v) is 15.7. The molecule has 6 heteroatoms. The topological polar surface area (TPSA) is 78.5 Å². The number of likely N-dealkylation sites (N-methyl/N-ethyl adjacent to an activating group) is 1. The Morgan fingerprint density at radius 1 is 1.00 bits per heavy atom. The van der Waals surface area contributed by atoms with Gasteiger partial charge in [-0.05, 0) is 24.8 Å². The van der Waals surface area contributed by atoms with Gasteiger partial charge in [-0.15, -0.1) is 0 Å². The second-order valence-corrected chi connectivity index (χ2v) is 6.87. The van der Waals surface area contributed by atoms with Crippen LogP contribution in [0.15, 0.2) is 30.3 Å². The molecule has 0 bridgehead atoms. The number of amides is 3. The first kappa shape index (κ1) is 20.7. The number of hydrogen-bond acceptors (Lipinski definition) is 3. The monoisotopic (exact) mass is 347 g/mol. The number of rotatable bonds is 8. The highest BCUT2D eigenvalue weighted by Crippen LogP contribution is 2.07. The molecule has 0 radical (unpaired) electrons. The first-order chi connectivity index (χ1) is 11.7. The van der Waals surface area contributed by atoms with E-state index in [2.05, 4.69) is 10.6 Å². The molecule has 1 rings (SSSR count). The summed E-state index contributed by atoms with van der Waals surface area (Å²) in [6.07, 6.45) is 0.762. The van der Waals surface area contributed by atoms with Gasteiger partial charge in [-0.2, -0.15) is 0 Å². The summed E-state index contributed by atoms with van der Waals surface area (Å²) in [6.45, 7) is 5.60. The van der Waals surface area contributed by atoms with Crippen LogP contribution in [0.1, 0.15) is 32.8 Å². The molecule has 25 heavy (non-hydrogen) atoms. The van der Waals surface area contributed by atoms with Crippen molar-refractivity contribution in [3.8, 4) is 0 Å². The van der Waals surface area contributed by atoms with Gasteiger partial charge in [-0.1, -0.05) is 44.2 Å². The van der Waals surface area contributed by atoms with Crippen LogP contribution >= 0.6 is 0 Å². The quantitative estimate of drug-likeness (QED) is 0.745. The predicted octanol–water partition coefficient (Wildman–Crippen LogP) is 1.35. The molecule has 0 saturated carbocycles. The van der Waals surface area contributed by atoms with Crippen molar-refractivity contribution in [3.05, 3.63) is 35.9 Å². The second kappa shape index (κ2) is 9.81. The van der Waals surface area contributed by atoms with Crippen LogP contribution in [-0.2, 0) is 20.8 Å². The molecule has 0 heterocycles. The molecular formula is C19H29N3O3. The van der Waals surface area contributed by atoms with Crippen LogP contribution in [0.4, 0.5) is 0 Å². The molecule has 0 aliphatic carbocycles. The summed E-state index contributed by atoms with van der Waals surface area (Å²) in [5, 5.41) is 5.43. The molecule has 3 amide bonds. The van der Waals surface area contributed by atoms with Crippen molar-refractivity contribution in [1.29, 1.82) is 0 Å². The van der Waals surface area contributed by atoms with Gasteiger partial charge in [0.1, 0.15) is 12.1 Å². The maximum absolute atomic E-state index is 12.4. The molecule has 6 nitrogen and oxygen atoms in total. The predicted molar refractivity (Wildman–Crippen MR) is 97.8 cm³/mol. The third-order valence-electron chi connectivity index (χ3n) is 3.74. The highest BCUT2D eigenvalue weighted by Gasteiger charge is 2.26.